The third kappa shape index (κ3) is 3.19. The number of hydrogen-bond donors (Lipinski definition) is 1. The third-order valence-electron chi connectivity index (χ3n) is 4.32. The van der Waals surface area contributed by atoms with Crippen LogP contribution in [0.15, 0.2) is 0 Å². The van der Waals surface area contributed by atoms with Crippen LogP contribution in [0.5, 0.6) is 0 Å². The molecule has 0 radical (unpaired) electrons. The van der Waals surface area contributed by atoms with Crippen LogP contribution in [0, 0.1) is 5.92 Å². The maximum Gasteiger partial charge on any atom is 0.0774 e. The lowest BCUT2D eigenvalue weighted by Crippen LogP contribution is -2.51. The van der Waals surface area contributed by atoms with Gasteiger partial charge in [0.1, 0.15) is 0 Å². The first kappa shape index (κ1) is 12.3. The van der Waals surface area contributed by atoms with Crippen LogP contribution in [0.3, 0.4) is 0 Å². The van der Waals surface area contributed by atoms with Crippen molar-refractivity contribution in [2.24, 2.45) is 5.92 Å². The molecule has 1 aliphatic carbocycles. The Kier molecular flexibility index (Phi) is 3.88. The summed E-state index contributed by atoms with van der Waals surface area (Å²) in [6.07, 6.45) is 4.40. The fraction of sp³-hybridized carbons (Fsp3) is 1.00. The summed E-state index contributed by atoms with van der Waals surface area (Å²) >= 11 is 0. The highest BCUT2D eigenvalue weighted by Crippen LogP contribution is 2.32. The lowest BCUT2D eigenvalue weighted by molar-refractivity contribution is -0.0420. The second-order valence-electron chi connectivity index (χ2n) is 5.99. The van der Waals surface area contributed by atoms with E-state index < -0.39 is 0 Å². The highest BCUT2D eigenvalue weighted by molar-refractivity contribution is 4.88. The Morgan fingerprint density at radius 3 is 2.25 bits per heavy atom. The predicted octanol–water partition coefficient (Wildman–Crippen LogP) is 1.17. The highest BCUT2D eigenvalue weighted by Gasteiger charge is 2.33. The molecule has 0 spiro atoms. The van der Waals surface area contributed by atoms with Crippen molar-refractivity contribution in [1.29, 1.82) is 0 Å². The Morgan fingerprint density at radius 2 is 1.69 bits per heavy atom. The molecule has 0 atom stereocenters. The summed E-state index contributed by atoms with van der Waals surface area (Å²) in [5.74, 6) is 0.813. The SMILES string of the molecule is CC1CCC(O)(CN2CCN(C)CC2)CC1. The van der Waals surface area contributed by atoms with Crippen molar-refractivity contribution in [3.8, 4) is 0 Å². The number of piperazine rings is 1. The molecule has 1 heterocycles. The fourth-order valence-corrected chi connectivity index (χ4v) is 2.88. The second-order valence-corrected chi connectivity index (χ2v) is 5.99. The number of rotatable bonds is 2. The minimum absolute atomic E-state index is 0.386. The van der Waals surface area contributed by atoms with Crippen molar-refractivity contribution in [2.45, 2.75) is 38.2 Å². The molecule has 2 aliphatic rings. The largest absolute Gasteiger partial charge is 0.389 e. The quantitative estimate of drug-likeness (QED) is 0.766. The van der Waals surface area contributed by atoms with Gasteiger partial charge in [-0.25, -0.2) is 0 Å². The van der Waals surface area contributed by atoms with E-state index >= 15 is 0 Å². The topological polar surface area (TPSA) is 26.7 Å². The number of nitrogens with zero attached hydrogens (tertiary/aromatic N) is 2. The molecule has 94 valence electrons. The molecule has 3 nitrogen and oxygen atoms in total. The zero-order valence-electron chi connectivity index (χ0n) is 10.8. The molecule has 1 saturated heterocycles. The summed E-state index contributed by atoms with van der Waals surface area (Å²) in [5, 5.41) is 10.6. The zero-order valence-corrected chi connectivity index (χ0v) is 10.8. The van der Waals surface area contributed by atoms with Crippen molar-refractivity contribution >= 4 is 0 Å². The van der Waals surface area contributed by atoms with Gasteiger partial charge in [-0.3, -0.25) is 4.90 Å². The molecule has 2 fully saturated rings. The van der Waals surface area contributed by atoms with Crippen LogP contribution in [0.1, 0.15) is 32.6 Å². The third-order valence-corrected chi connectivity index (χ3v) is 4.32. The molecule has 3 heteroatoms. The minimum Gasteiger partial charge on any atom is -0.389 e. The van der Waals surface area contributed by atoms with E-state index in [4.69, 9.17) is 0 Å². The highest BCUT2D eigenvalue weighted by atomic mass is 16.3. The van der Waals surface area contributed by atoms with Gasteiger partial charge in [-0.15, -0.1) is 0 Å². The molecular formula is C13H26N2O. The van der Waals surface area contributed by atoms with E-state index in [-0.39, 0.29) is 5.60 Å². The van der Waals surface area contributed by atoms with Crippen molar-refractivity contribution in [3.05, 3.63) is 0 Å². The summed E-state index contributed by atoms with van der Waals surface area (Å²) in [4.78, 5) is 4.81. The van der Waals surface area contributed by atoms with E-state index in [0.29, 0.717) is 0 Å². The molecule has 0 bridgehead atoms. The molecule has 0 aromatic carbocycles. The van der Waals surface area contributed by atoms with Gasteiger partial charge in [0.15, 0.2) is 0 Å². The van der Waals surface area contributed by atoms with Gasteiger partial charge in [-0.2, -0.15) is 0 Å². The summed E-state index contributed by atoms with van der Waals surface area (Å²) in [6, 6.07) is 0. The summed E-state index contributed by atoms with van der Waals surface area (Å²) < 4.78 is 0. The monoisotopic (exact) mass is 226 g/mol. The Bertz CT molecular complexity index is 216. The van der Waals surface area contributed by atoms with Gasteiger partial charge < -0.3 is 10.0 Å². The van der Waals surface area contributed by atoms with Gasteiger partial charge in [-0.05, 0) is 38.6 Å². The molecule has 0 aromatic heterocycles. The molecule has 0 unspecified atom stereocenters. The Labute approximate surface area is 99.4 Å². The minimum atomic E-state index is -0.386. The van der Waals surface area contributed by atoms with Crippen LogP contribution in [-0.2, 0) is 0 Å². The van der Waals surface area contributed by atoms with Crippen molar-refractivity contribution in [1.82, 2.24) is 9.80 Å². The standard InChI is InChI=1S/C13H26N2O/c1-12-3-5-13(16,6-4-12)11-15-9-7-14(2)8-10-15/h12,16H,3-11H2,1-2H3. The lowest BCUT2D eigenvalue weighted by Gasteiger charge is -2.41. The van der Waals surface area contributed by atoms with E-state index in [2.05, 4.69) is 23.8 Å². The maximum atomic E-state index is 10.6. The zero-order chi connectivity index (χ0) is 11.6. The number of likely N-dealkylation sites (N-methyl/N-ethyl adjacent to an activating group) is 1. The van der Waals surface area contributed by atoms with Crippen LogP contribution >= 0.6 is 0 Å². The van der Waals surface area contributed by atoms with Gasteiger partial charge in [0.25, 0.3) is 0 Å². The van der Waals surface area contributed by atoms with Crippen molar-refractivity contribution < 1.29 is 5.11 Å². The van der Waals surface area contributed by atoms with Crippen LogP contribution in [-0.4, -0.2) is 60.3 Å². The number of β-amino-alcohol motifs (C(OH)–C–C–N with tert-alkyl or cyclic N) is 1. The molecular weight excluding hydrogens is 200 g/mol. The fourth-order valence-electron chi connectivity index (χ4n) is 2.88. The van der Waals surface area contributed by atoms with Gasteiger partial charge in [-0.1, -0.05) is 6.92 Å². The first-order valence-corrected chi connectivity index (χ1v) is 6.71. The summed E-state index contributed by atoms with van der Waals surface area (Å²) in [5.41, 5.74) is -0.386. The summed E-state index contributed by atoms with van der Waals surface area (Å²) in [7, 11) is 2.17. The molecule has 0 amide bonds. The van der Waals surface area contributed by atoms with Crippen molar-refractivity contribution in [2.75, 3.05) is 39.8 Å². The van der Waals surface area contributed by atoms with Gasteiger partial charge >= 0.3 is 0 Å². The molecule has 2 rings (SSSR count). The molecule has 1 aliphatic heterocycles. The van der Waals surface area contributed by atoms with Gasteiger partial charge in [0.05, 0.1) is 5.60 Å². The maximum absolute atomic E-state index is 10.6. The molecule has 1 N–H and O–H groups in total. The second kappa shape index (κ2) is 5.03. The smallest absolute Gasteiger partial charge is 0.0774 e. The number of aliphatic hydroxyl groups is 1. The van der Waals surface area contributed by atoms with Crippen molar-refractivity contribution in [3.63, 3.8) is 0 Å². The average molecular weight is 226 g/mol. The van der Waals surface area contributed by atoms with E-state index in [1.54, 1.807) is 0 Å². The lowest BCUT2D eigenvalue weighted by atomic mass is 9.79. The Morgan fingerprint density at radius 1 is 1.12 bits per heavy atom. The Hall–Kier alpha value is -0.120. The van der Waals surface area contributed by atoms with Crippen LogP contribution in [0.25, 0.3) is 0 Å². The van der Waals surface area contributed by atoms with Gasteiger partial charge in [0, 0.05) is 32.7 Å². The average Bonchev–Trinajstić information content (AvgIpc) is 2.27. The van der Waals surface area contributed by atoms with Crippen LogP contribution < -0.4 is 0 Å². The van der Waals surface area contributed by atoms with E-state index in [9.17, 15) is 5.11 Å². The normalized spacial score (nSPS) is 38.8. The summed E-state index contributed by atoms with van der Waals surface area (Å²) in [6.45, 7) is 7.73. The predicted molar refractivity (Wildman–Crippen MR) is 66.5 cm³/mol. The van der Waals surface area contributed by atoms with E-state index in [0.717, 1.165) is 51.5 Å². The number of hydrogen-bond acceptors (Lipinski definition) is 3. The van der Waals surface area contributed by atoms with E-state index in [1.165, 1.54) is 12.8 Å². The van der Waals surface area contributed by atoms with Crippen LogP contribution in [0.2, 0.25) is 0 Å². The first-order valence-electron chi connectivity index (χ1n) is 6.71. The molecule has 16 heavy (non-hydrogen) atoms. The van der Waals surface area contributed by atoms with E-state index in [1.807, 2.05) is 0 Å². The van der Waals surface area contributed by atoms with Gasteiger partial charge in [0.2, 0.25) is 0 Å². The van der Waals surface area contributed by atoms with Crippen LogP contribution in [0.4, 0.5) is 0 Å². The first-order chi connectivity index (χ1) is 7.57. The molecule has 0 aromatic rings. The Balaban J connectivity index is 1.80. The molecule has 1 saturated carbocycles.